The molecule has 10 heteroatoms. The van der Waals surface area contributed by atoms with Crippen molar-refractivity contribution in [2.45, 2.75) is 159 Å². The topological polar surface area (TPSA) is 177 Å². The molecule has 0 unspecified atom stereocenters. The summed E-state index contributed by atoms with van der Waals surface area (Å²) in [7, 11) is 0. The van der Waals surface area contributed by atoms with Crippen molar-refractivity contribution in [3.63, 3.8) is 0 Å². The summed E-state index contributed by atoms with van der Waals surface area (Å²) in [5.41, 5.74) is 23.8. The number of rotatable bonds is 26. The van der Waals surface area contributed by atoms with E-state index >= 15 is 0 Å². The molecule has 0 atom stereocenters. The van der Waals surface area contributed by atoms with Gasteiger partial charge in [-0.3, -0.25) is 19.8 Å². The zero-order valence-electron chi connectivity index (χ0n) is 34.3. The van der Waals surface area contributed by atoms with E-state index in [1.807, 2.05) is 6.92 Å². The van der Waals surface area contributed by atoms with E-state index in [0.717, 1.165) is 88.1 Å². The third kappa shape index (κ3) is 17.3. The van der Waals surface area contributed by atoms with Gasteiger partial charge in [0.15, 0.2) is 0 Å². The Kier molecular flexibility index (Phi) is 20.5. The van der Waals surface area contributed by atoms with Crippen LogP contribution in [0.25, 0.3) is 0 Å². The van der Waals surface area contributed by atoms with Gasteiger partial charge in [0, 0.05) is 85.0 Å². The summed E-state index contributed by atoms with van der Waals surface area (Å²) in [5.74, 6) is 1.98. The van der Waals surface area contributed by atoms with Gasteiger partial charge in [-0.1, -0.05) is 78.6 Å². The summed E-state index contributed by atoms with van der Waals surface area (Å²) in [6, 6.07) is 8.60. The van der Waals surface area contributed by atoms with Gasteiger partial charge in [0.2, 0.25) is 0 Å². The number of Topliss-reactive ketones (excluding diaryl/α,β-unsaturated/α-hetero) is 3. The second kappa shape index (κ2) is 23.3. The molecular formula is C44H69N5O3S2. The minimum atomic E-state index is -0.188. The molecule has 0 spiro atoms. The Hall–Kier alpha value is -2.79. The van der Waals surface area contributed by atoms with Gasteiger partial charge in [0.1, 0.15) is 17.3 Å². The van der Waals surface area contributed by atoms with Crippen LogP contribution < -0.4 is 17.2 Å². The summed E-state index contributed by atoms with van der Waals surface area (Å²) in [6.07, 6.45) is 8.48. The number of nitrogens with one attached hydrogen (secondary N) is 2. The lowest BCUT2D eigenvalue weighted by molar-refractivity contribution is -0.119. The van der Waals surface area contributed by atoms with E-state index in [2.05, 4.69) is 65.8 Å². The number of ketones is 3. The summed E-state index contributed by atoms with van der Waals surface area (Å²) < 4.78 is 0. The number of carbonyl (C=O) groups excluding carboxylic acids is 3. The van der Waals surface area contributed by atoms with Gasteiger partial charge < -0.3 is 22.6 Å². The van der Waals surface area contributed by atoms with Gasteiger partial charge in [0.05, 0.1) is 5.84 Å². The largest absolute Gasteiger partial charge is 0.388 e. The molecular weight excluding hydrogens is 711 g/mol. The first-order chi connectivity index (χ1) is 25.3. The van der Waals surface area contributed by atoms with Gasteiger partial charge in [0.25, 0.3) is 0 Å². The Balaban J connectivity index is 2.49. The van der Waals surface area contributed by atoms with Crippen molar-refractivity contribution in [2.24, 2.45) is 17.2 Å². The highest BCUT2D eigenvalue weighted by molar-refractivity contribution is 7.99. The first kappa shape index (κ1) is 47.4. The van der Waals surface area contributed by atoms with Crippen LogP contribution in [0.2, 0.25) is 0 Å². The van der Waals surface area contributed by atoms with Crippen LogP contribution in [0, 0.1) is 10.8 Å². The first-order valence-corrected chi connectivity index (χ1v) is 21.7. The fourth-order valence-electron chi connectivity index (χ4n) is 6.39. The second-order valence-electron chi connectivity index (χ2n) is 16.8. The van der Waals surface area contributed by atoms with Crippen molar-refractivity contribution >= 4 is 52.4 Å². The number of benzene rings is 2. The lowest BCUT2D eigenvalue weighted by Crippen LogP contribution is -2.18. The Labute approximate surface area is 334 Å². The number of carbonyl (C=O) groups is 3. The highest BCUT2D eigenvalue weighted by Crippen LogP contribution is 2.37. The van der Waals surface area contributed by atoms with Crippen molar-refractivity contribution < 1.29 is 14.4 Å². The van der Waals surface area contributed by atoms with Crippen molar-refractivity contribution in [1.29, 1.82) is 10.8 Å². The normalized spacial score (nSPS) is 11.9. The summed E-state index contributed by atoms with van der Waals surface area (Å²) in [4.78, 5) is 42.9. The number of thioether (sulfide) groups is 2. The Morgan fingerprint density at radius 2 is 0.889 bits per heavy atom. The molecule has 0 fully saturated rings. The van der Waals surface area contributed by atoms with Gasteiger partial charge in [-0.25, -0.2) is 0 Å². The fraction of sp³-hybridized carbons (Fsp3) is 0.614. The maximum absolute atomic E-state index is 14.3. The highest BCUT2D eigenvalue weighted by atomic mass is 32.2. The van der Waals surface area contributed by atoms with E-state index in [1.54, 1.807) is 23.5 Å². The fourth-order valence-corrected chi connectivity index (χ4v) is 8.30. The standard InChI is InChI=1S/C44H69N5O3S2/c1-30(47)14-10-8-11-15-37(50)26-31-22-35(43(2,3)4)24-33(41(31)53-20-18-45)28-39(52)29-34-25-36(44(5,6)7)23-32(42(34)54-21-19-46)27-38(51)16-12-9-13-17-40(48)49/h22-25,47H,8-21,26-29,45-46H2,1-7H3,(H3,48,49). The molecule has 2 rings (SSSR count). The predicted octanol–water partition coefficient (Wildman–Crippen LogP) is 8.84. The molecule has 0 heterocycles. The number of amidine groups is 1. The number of nitrogens with two attached hydrogens (primary N) is 3. The molecule has 2 aromatic carbocycles. The van der Waals surface area contributed by atoms with Crippen molar-refractivity contribution in [2.75, 3.05) is 24.6 Å². The minimum Gasteiger partial charge on any atom is -0.388 e. The predicted molar refractivity (Wildman–Crippen MR) is 231 cm³/mol. The third-order valence-corrected chi connectivity index (χ3v) is 11.9. The van der Waals surface area contributed by atoms with Gasteiger partial charge in [-0.2, -0.15) is 0 Å². The quantitative estimate of drug-likeness (QED) is 0.0272. The molecule has 0 aliphatic rings. The third-order valence-electron chi connectivity index (χ3n) is 9.41. The monoisotopic (exact) mass is 779 g/mol. The maximum Gasteiger partial charge on any atom is 0.141 e. The van der Waals surface area contributed by atoms with Crippen LogP contribution >= 0.6 is 23.5 Å². The lowest BCUT2D eigenvalue weighted by atomic mass is 9.82. The molecule has 0 radical (unpaired) electrons. The van der Waals surface area contributed by atoms with Crippen molar-refractivity contribution in [3.8, 4) is 0 Å². The Morgan fingerprint density at radius 1 is 0.556 bits per heavy atom. The average molecular weight is 780 g/mol. The van der Waals surface area contributed by atoms with Gasteiger partial charge in [-0.05, 0) is 83.2 Å². The maximum atomic E-state index is 14.3. The van der Waals surface area contributed by atoms with E-state index in [-0.39, 0.29) is 46.9 Å². The van der Waals surface area contributed by atoms with Gasteiger partial charge in [-0.15, -0.1) is 23.5 Å². The highest BCUT2D eigenvalue weighted by Gasteiger charge is 2.25. The van der Waals surface area contributed by atoms with Crippen LogP contribution in [0.4, 0.5) is 0 Å². The molecule has 54 heavy (non-hydrogen) atoms. The van der Waals surface area contributed by atoms with E-state index in [9.17, 15) is 14.4 Å². The van der Waals surface area contributed by atoms with Crippen LogP contribution in [0.15, 0.2) is 34.1 Å². The van der Waals surface area contributed by atoms with E-state index in [1.165, 1.54) is 0 Å². The minimum absolute atomic E-state index is 0.0813. The zero-order chi connectivity index (χ0) is 40.5. The van der Waals surface area contributed by atoms with E-state index in [0.29, 0.717) is 62.4 Å². The van der Waals surface area contributed by atoms with Crippen LogP contribution in [0.5, 0.6) is 0 Å². The lowest BCUT2D eigenvalue weighted by Gasteiger charge is -2.25. The van der Waals surface area contributed by atoms with Crippen molar-refractivity contribution in [3.05, 3.63) is 57.6 Å². The van der Waals surface area contributed by atoms with Gasteiger partial charge >= 0.3 is 0 Å². The SMILES string of the molecule is CC(=N)CCCCCC(=O)Cc1cc(C(C)(C)C)cc(CC(=O)Cc2cc(C(C)(C)C)cc(CC(=O)CCCCCC(=N)N)c2SCCN)c1SCCN. The molecule has 0 bridgehead atoms. The zero-order valence-corrected chi connectivity index (χ0v) is 35.9. The Morgan fingerprint density at radius 3 is 1.20 bits per heavy atom. The van der Waals surface area contributed by atoms with Crippen LogP contribution in [0.3, 0.4) is 0 Å². The molecule has 0 saturated heterocycles. The number of unbranched alkanes of at least 4 members (excludes halogenated alkanes) is 4. The smallest absolute Gasteiger partial charge is 0.141 e. The van der Waals surface area contributed by atoms with Crippen molar-refractivity contribution in [1.82, 2.24) is 0 Å². The molecule has 8 nitrogen and oxygen atoms in total. The summed E-state index contributed by atoms with van der Waals surface area (Å²) in [5, 5.41) is 15.1. The first-order valence-electron chi connectivity index (χ1n) is 19.8. The van der Waals surface area contributed by atoms with Crippen LogP contribution in [-0.2, 0) is 50.9 Å². The molecule has 0 aliphatic heterocycles. The van der Waals surface area contributed by atoms with Crippen LogP contribution in [0.1, 0.15) is 146 Å². The Bertz CT molecular complexity index is 1470. The van der Waals surface area contributed by atoms with Crippen LogP contribution in [-0.4, -0.2) is 53.5 Å². The molecule has 0 aromatic heterocycles. The molecule has 2 aromatic rings. The number of hydrogen-bond donors (Lipinski definition) is 5. The average Bonchev–Trinajstić information content (AvgIpc) is 3.05. The molecule has 8 N–H and O–H groups in total. The second-order valence-corrected chi connectivity index (χ2v) is 19.0. The molecule has 300 valence electrons. The van der Waals surface area contributed by atoms with E-state index < -0.39 is 0 Å². The van der Waals surface area contributed by atoms with E-state index in [4.69, 9.17) is 28.0 Å². The molecule has 0 saturated carbocycles. The molecule has 0 aliphatic carbocycles. The summed E-state index contributed by atoms with van der Waals surface area (Å²) in [6.45, 7) is 15.7. The number of hydrogen-bond acceptors (Lipinski definition) is 9. The summed E-state index contributed by atoms with van der Waals surface area (Å²) >= 11 is 3.26. The molecule has 0 amide bonds.